The first-order valence-electron chi connectivity index (χ1n) is 37.5. The lowest BCUT2D eigenvalue weighted by Gasteiger charge is -2.42. The van der Waals surface area contributed by atoms with Gasteiger partial charge < -0.3 is 105 Å². The maximum Gasteiger partial charge on any atom is 0.305 e. The summed E-state index contributed by atoms with van der Waals surface area (Å²) in [5, 5.41) is 50.4. The van der Waals surface area contributed by atoms with Crippen molar-refractivity contribution >= 4 is 159 Å². The predicted molar refractivity (Wildman–Crippen MR) is 420 cm³/mol. The second-order valence-electron chi connectivity index (χ2n) is 28.1. The van der Waals surface area contributed by atoms with E-state index in [2.05, 4.69) is 68.8 Å². The lowest BCUT2D eigenvalue weighted by molar-refractivity contribution is -0.158. The summed E-state index contributed by atoms with van der Waals surface area (Å²) in [6.45, 7) is 5.33. The molecule has 11 atom stereocenters. The maximum atomic E-state index is 15.2. The molecule has 634 valence electrons. The van der Waals surface area contributed by atoms with Crippen LogP contribution in [0.3, 0.4) is 0 Å². The van der Waals surface area contributed by atoms with Crippen molar-refractivity contribution in [2.45, 2.75) is 185 Å². The third kappa shape index (κ3) is 30.6. The molecule has 4 heterocycles. The lowest BCUT2D eigenvalue weighted by atomic mass is 10.0. The zero-order chi connectivity index (χ0) is 85.5. The van der Waals surface area contributed by atoms with Crippen LogP contribution in [-0.4, -0.2) is 270 Å². The minimum atomic E-state index is -2.17. The van der Waals surface area contributed by atoms with E-state index in [9.17, 15) is 101 Å². The Morgan fingerprint density at radius 1 is 0.526 bits per heavy atom. The summed E-state index contributed by atoms with van der Waals surface area (Å²) in [6, 6.07) is -6.45. The highest BCUT2D eigenvalue weighted by atomic mass is 32.2. The number of hydrogen-bond donors (Lipinski definition) is 17. The number of aliphatic carboxylic acids is 2. The fourth-order valence-electron chi connectivity index (χ4n) is 12.3. The molecule has 0 saturated carbocycles. The van der Waals surface area contributed by atoms with E-state index in [1.165, 1.54) is 35.8 Å². The van der Waals surface area contributed by atoms with Gasteiger partial charge in [-0.1, -0.05) is 58.0 Å². The molecule has 116 heavy (non-hydrogen) atoms. The molecule has 3 unspecified atom stereocenters. The number of carbonyl (C=O) groups is 19. The summed E-state index contributed by atoms with van der Waals surface area (Å²) in [6.07, 6.45) is -4.37. The van der Waals surface area contributed by atoms with Gasteiger partial charge in [-0.2, -0.15) is 35.3 Å². The zero-order valence-corrected chi connectivity index (χ0v) is 67.1. The molecular formula is C73H101FN18O21S3. The molecule has 3 aliphatic rings. The number of amides is 17. The van der Waals surface area contributed by atoms with E-state index in [1.54, 1.807) is 44.3 Å². The Balaban J connectivity index is 1.46. The van der Waals surface area contributed by atoms with Crippen LogP contribution in [0.15, 0.2) is 54.7 Å². The van der Waals surface area contributed by atoms with Crippen molar-refractivity contribution in [1.82, 2.24) is 83.5 Å². The van der Waals surface area contributed by atoms with Crippen LogP contribution in [0.2, 0.25) is 0 Å². The molecule has 0 spiro atoms. The standard InChI is InChI=1S/C73H101FN18O21S3/c1-6-44-64(104)78-31-57(95)80-50(27-40-12-14-42(74)15-13-40)69(109)88-53(63(76)103)32-114-23-20-58(96)90-35-91-37-92(36-90)60(98)22-25-116-34-55(73(113)86-51(70(110)81-44)28-41-30-77-46-11-9-8-10-43(41)46)89-71(111)52(29-62(101)102)87-67(107)48(17-19-61(99)100)83-68(108)49(26-38(3)4)85-65(105)45(7-2)82-66(106)47(16-18-56(75)94)84-72(112)54(79-39(5)93)33-115-24-21-59(91)97/h8-15,30,38,44-45,47-55,77H,6-7,16-29,31-37H2,1-5H3,(H2,75,94)(H2,76,103)(H,78,104)(H,79,93)(H,80,95)(H,81,110)(H,82,106)(H,83,108)(H,84,112)(H,85,105)(H,86,113)(H,87,107)(H,88,109)(H,89,111)(H,99,100)(H,101,102)/t44?,45?,47-,48-,49-,50-,51?,52-,53-,54-,55-/m0/s1. The topological polar surface area (TPSA) is 587 Å². The smallest absolute Gasteiger partial charge is 0.305 e. The number of para-hydroxylation sites is 1. The predicted octanol–water partition coefficient (Wildman–Crippen LogP) is -3.71. The Bertz CT molecular complexity index is 4100. The second kappa shape index (κ2) is 46.4. The van der Waals surface area contributed by atoms with Crippen molar-refractivity contribution in [3.63, 3.8) is 0 Å². The van der Waals surface area contributed by atoms with Crippen molar-refractivity contribution < 1.29 is 106 Å². The minimum absolute atomic E-state index is 0.0578. The first-order chi connectivity index (χ1) is 55.0. The average molecular weight is 1680 g/mol. The molecule has 1 aromatic heterocycles. The van der Waals surface area contributed by atoms with Crippen molar-refractivity contribution in [1.29, 1.82) is 0 Å². The summed E-state index contributed by atoms with van der Waals surface area (Å²) in [4.78, 5) is 271. The van der Waals surface area contributed by atoms with Gasteiger partial charge in [0.05, 0.1) is 33.0 Å². The van der Waals surface area contributed by atoms with Crippen LogP contribution in [0.5, 0.6) is 0 Å². The van der Waals surface area contributed by atoms with Crippen molar-refractivity contribution in [2.24, 2.45) is 17.4 Å². The third-order valence-corrected chi connectivity index (χ3v) is 21.7. The van der Waals surface area contributed by atoms with Gasteiger partial charge in [-0.05, 0) is 67.3 Å². The first kappa shape index (κ1) is 93.7. The molecular weight excluding hydrogens is 1580 g/mol. The number of carboxylic acid groups (broad SMARTS) is 2. The van der Waals surface area contributed by atoms with Crippen LogP contribution in [0.25, 0.3) is 10.9 Å². The Morgan fingerprint density at radius 2 is 1.00 bits per heavy atom. The van der Waals surface area contributed by atoms with Gasteiger partial charge in [0, 0.05) is 103 Å². The van der Waals surface area contributed by atoms with Crippen LogP contribution in [0, 0.1) is 11.7 Å². The van der Waals surface area contributed by atoms with E-state index >= 15 is 4.79 Å². The average Bonchev–Trinajstić information content (AvgIpc) is 1.61. The fraction of sp³-hybridized carbons (Fsp3) is 0.548. The van der Waals surface area contributed by atoms with Gasteiger partial charge in [-0.3, -0.25) is 91.1 Å². The molecule has 3 aliphatic heterocycles. The number of nitrogens with two attached hydrogens (primary N) is 2. The molecule has 0 aliphatic carbocycles. The highest BCUT2D eigenvalue weighted by molar-refractivity contribution is 7.99. The highest BCUT2D eigenvalue weighted by Crippen LogP contribution is 2.22. The summed E-state index contributed by atoms with van der Waals surface area (Å²) < 4.78 is 14.1. The highest BCUT2D eigenvalue weighted by Gasteiger charge is 2.39. The Morgan fingerprint density at radius 3 is 1.55 bits per heavy atom. The van der Waals surface area contributed by atoms with Crippen LogP contribution in [-0.2, 0) is 104 Å². The molecule has 3 fully saturated rings. The van der Waals surface area contributed by atoms with E-state index < -0.39 is 261 Å². The molecule has 0 radical (unpaired) electrons. The van der Waals surface area contributed by atoms with Crippen LogP contribution < -0.4 is 75.3 Å². The number of hydrogen-bond acceptors (Lipinski definition) is 22. The zero-order valence-electron chi connectivity index (χ0n) is 64.6. The number of nitrogens with zero attached hydrogens (tertiary/aromatic N) is 3. The number of aromatic nitrogens is 1. The maximum absolute atomic E-state index is 15.2. The summed E-state index contributed by atoms with van der Waals surface area (Å²) >= 11 is 2.84. The molecule has 43 heteroatoms. The van der Waals surface area contributed by atoms with Gasteiger partial charge in [0.1, 0.15) is 72.3 Å². The molecule has 6 rings (SSSR count). The van der Waals surface area contributed by atoms with E-state index in [-0.39, 0.29) is 73.7 Å². The molecule has 4 bridgehead atoms. The van der Waals surface area contributed by atoms with Gasteiger partial charge in [-0.15, -0.1) is 0 Å². The number of fused-ring (bicyclic) bond motifs is 8. The van der Waals surface area contributed by atoms with Crippen molar-refractivity contribution in [2.75, 3.05) is 61.1 Å². The van der Waals surface area contributed by atoms with Gasteiger partial charge in [0.25, 0.3) is 0 Å². The fourth-order valence-corrected chi connectivity index (χ4v) is 15.1. The number of thioether (sulfide) groups is 3. The SMILES string of the molecule is CCC1NC(=O)C(Cc2c[nH]c3ccccc23)NC(=O)[C@@H]2CSCCC(=O)N3CN(CN(C3)C(=O)CCSC[C@H](NC(C)=O)C(=O)N[C@@H](CCC(N)=O)C(=O)NC(CC)C(=O)N[C@@H](CC(C)C)C(=O)N[C@@H](CCC(=O)O)C(=O)N[C@@H](CC(=O)O)C(=O)N2)C(=O)CCSC[C@@H](C(N)=O)NC(=O)[C@H](Cc2ccc(F)cc2)NC(=O)CNC1=O. The Labute approximate surface area is 679 Å². The number of aromatic amines is 1. The molecule has 17 amide bonds. The van der Waals surface area contributed by atoms with Crippen LogP contribution in [0.1, 0.15) is 116 Å². The van der Waals surface area contributed by atoms with E-state index in [1.807, 2.05) is 0 Å². The van der Waals surface area contributed by atoms with Crippen LogP contribution >= 0.6 is 35.3 Å². The van der Waals surface area contributed by atoms with Crippen molar-refractivity contribution in [3.05, 3.63) is 71.7 Å². The molecule has 2 aromatic carbocycles. The minimum Gasteiger partial charge on any atom is -0.481 e. The molecule has 3 aromatic rings. The third-order valence-electron chi connectivity index (χ3n) is 18.5. The number of halogens is 1. The quantitative estimate of drug-likeness (QED) is 0.0582. The summed E-state index contributed by atoms with van der Waals surface area (Å²) in [5.74, 6) is -22.0. The number of nitrogens with one attached hydrogen (secondary N) is 13. The number of primary amides is 2. The van der Waals surface area contributed by atoms with Gasteiger partial charge >= 0.3 is 11.9 Å². The monoisotopic (exact) mass is 1680 g/mol. The Hall–Kier alpha value is -11.1. The number of carboxylic acids is 2. The number of benzene rings is 2. The first-order valence-corrected chi connectivity index (χ1v) is 40.9. The number of carbonyl (C=O) groups excluding carboxylic acids is 17. The summed E-state index contributed by atoms with van der Waals surface area (Å²) in [7, 11) is 0. The molecule has 3 saturated heterocycles. The van der Waals surface area contributed by atoms with Crippen molar-refractivity contribution in [3.8, 4) is 0 Å². The largest absolute Gasteiger partial charge is 0.481 e. The van der Waals surface area contributed by atoms with E-state index in [0.29, 0.717) is 22.0 Å². The second-order valence-corrected chi connectivity index (χ2v) is 31.6. The van der Waals surface area contributed by atoms with E-state index in [0.717, 1.165) is 59.2 Å². The van der Waals surface area contributed by atoms with Gasteiger partial charge in [-0.25, -0.2) is 4.39 Å². The summed E-state index contributed by atoms with van der Waals surface area (Å²) in [5.41, 5.74) is 12.6. The van der Waals surface area contributed by atoms with Crippen LogP contribution in [0.4, 0.5) is 4.39 Å². The van der Waals surface area contributed by atoms with Gasteiger partial charge in [0.2, 0.25) is 100 Å². The van der Waals surface area contributed by atoms with Gasteiger partial charge in [0.15, 0.2) is 0 Å². The molecule has 19 N–H and O–H groups in total. The normalized spacial score (nSPS) is 24.5. The molecule has 39 nitrogen and oxygen atoms in total. The number of rotatable bonds is 18. The Kier molecular flexibility index (Phi) is 37.5. The number of H-pyrrole nitrogens is 1. The van der Waals surface area contributed by atoms with E-state index in [4.69, 9.17) is 11.5 Å². The lowest BCUT2D eigenvalue weighted by Crippen LogP contribution is -2.61.